The van der Waals surface area contributed by atoms with Gasteiger partial charge >= 0.3 is 0 Å². The SMILES string of the molecule is COc1ccc(CCNC(=O)CCC(=O)N2C[C@@H]3CCCN3c3ccccc32)cc1OC. The Balaban J connectivity index is 1.27. The van der Waals surface area contributed by atoms with Gasteiger partial charge in [-0.2, -0.15) is 0 Å². The molecule has 32 heavy (non-hydrogen) atoms. The average Bonchev–Trinajstić information content (AvgIpc) is 3.31. The summed E-state index contributed by atoms with van der Waals surface area (Å²) in [6, 6.07) is 14.2. The molecule has 1 N–H and O–H groups in total. The number of methoxy groups -OCH3 is 2. The lowest BCUT2D eigenvalue weighted by atomic mass is 10.1. The fourth-order valence-corrected chi connectivity index (χ4v) is 4.65. The maximum absolute atomic E-state index is 13.0. The van der Waals surface area contributed by atoms with E-state index in [0.717, 1.165) is 36.3 Å². The van der Waals surface area contributed by atoms with Crippen molar-refractivity contribution in [2.75, 3.05) is 43.7 Å². The van der Waals surface area contributed by atoms with Crippen LogP contribution in [-0.2, 0) is 16.0 Å². The predicted molar refractivity (Wildman–Crippen MR) is 125 cm³/mol. The number of anilines is 2. The van der Waals surface area contributed by atoms with Gasteiger partial charge in [0, 0.05) is 38.5 Å². The number of fused-ring (bicyclic) bond motifs is 3. The molecule has 0 unspecified atom stereocenters. The van der Waals surface area contributed by atoms with E-state index in [0.29, 0.717) is 37.1 Å². The molecule has 0 saturated carbocycles. The molecule has 0 spiro atoms. The summed E-state index contributed by atoms with van der Waals surface area (Å²) in [5.41, 5.74) is 3.14. The number of carbonyl (C=O) groups excluding carboxylic acids is 2. The highest BCUT2D eigenvalue weighted by molar-refractivity contribution is 5.99. The van der Waals surface area contributed by atoms with Crippen LogP contribution in [0, 0.1) is 0 Å². The van der Waals surface area contributed by atoms with Gasteiger partial charge in [-0.1, -0.05) is 18.2 Å². The maximum Gasteiger partial charge on any atom is 0.227 e. The van der Waals surface area contributed by atoms with E-state index in [-0.39, 0.29) is 24.7 Å². The molecule has 7 nitrogen and oxygen atoms in total. The number of amides is 2. The van der Waals surface area contributed by atoms with Crippen LogP contribution in [0.4, 0.5) is 11.4 Å². The summed E-state index contributed by atoms with van der Waals surface area (Å²) >= 11 is 0. The zero-order valence-electron chi connectivity index (χ0n) is 18.8. The Morgan fingerprint density at radius 2 is 1.81 bits per heavy atom. The number of rotatable bonds is 8. The maximum atomic E-state index is 13.0. The van der Waals surface area contributed by atoms with Crippen molar-refractivity contribution in [3.8, 4) is 11.5 Å². The zero-order chi connectivity index (χ0) is 22.5. The summed E-state index contributed by atoms with van der Waals surface area (Å²) < 4.78 is 10.6. The van der Waals surface area contributed by atoms with Crippen LogP contribution in [0.1, 0.15) is 31.2 Å². The third-order valence-corrected chi connectivity index (χ3v) is 6.30. The summed E-state index contributed by atoms with van der Waals surface area (Å²) in [5.74, 6) is 1.26. The molecule has 2 amide bonds. The first-order chi connectivity index (χ1) is 15.6. The van der Waals surface area contributed by atoms with Gasteiger partial charge in [0.25, 0.3) is 0 Å². The van der Waals surface area contributed by atoms with Crippen LogP contribution in [0.2, 0.25) is 0 Å². The van der Waals surface area contributed by atoms with Crippen molar-refractivity contribution < 1.29 is 19.1 Å². The molecular weight excluding hydrogens is 406 g/mol. The van der Waals surface area contributed by atoms with E-state index >= 15 is 0 Å². The molecule has 2 aromatic carbocycles. The third kappa shape index (κ3) is 4.66. The van der Waals surface area contributed by atoms with Crippen LogP contribution >= 0.6 is 0 Å². The van der Waals surface area contributed by atoms with Gasteiger partial charge in [-0.05, 0) is 49.1 Å². The molecule has 2 heterocycles. The summed E-state index contributed by atoms with van der Waals surface area (Å²) in [5, 5.41) is 2.92. The van der Waals surface area contributed by atoms with Crippen molar-refractivity contribution in [1.29, 1.82) is 0 Å². The number of nitrogens with zero attached hydrogens (tertiary/aromatic N) is 2. The predicted octanol–water partition coefficient (Wildman–Crippen LogP) is 3.16. The average molecular weight is 438 g/mol. The van der Waals surface area contributed by atoms with Crippen molar-refractivity contribution in [3.63, 3.8) is 0 Å². The number of hydrogen-bond donors (Lipinski definition) is 1. The minimum absolute atomic E-state index is 0.0130. The standard InChI is InChI=1S/C25H31N3O4/c1-31-22-10-9-18(16-23(22)32-2)13-14-26-24(29)11-12-25(30)28-17-19-6-5-15-27(19)20-7-3-4-8-21(20)28/h3-4,7-10,16,19H,5-6,11-15,17H2,1-2H3,(H,26,29)/t19-/m0/s1. The zero-order valence-corrected chi connectivity index (χ0v) is 18.8. The fraction of sp³-hybridized carbons (Fsp3) is 0.440. The summed E-state index contributed by atoms with van der Waals surface area (Å²) in [6.45, 7) is 2.26. The van der Waals surface area contributed by atoms with Gasteiger partial charge < -0.3 is 24.6 Å². The lowest BCUT2D eigenvalue weighted by Gasteiger charge is -2.40. The first-order valence-electron chi connectivity index (χ1n) is 11.2. The van der Waals surface area contributed by atoms with Crippen LogP contribution in [0.3, 0.4) is 0 Å². The highest BCUT2D eigenvalue weighted by Gasteiger charge is 2.35. The molecule has 2 aliphatic rings. The van der Waals surface area contributed by atoms with Crippen molar-refractivity contribution in [2.24, 2.45) is 0 Å². The van der Waals surface area contributed by atoms with Crippen molar-refractivity contribution in [2.45, 2.75) is 38.1 Å². The Morgan fingerprint density at radius 1 is 1.03 bits per heavy atom. The van der Waals surface area contributed by atoms with Gasteiger partial charge in [0.1, 0.15) is 0 Å². The Labute approximate surface area is 189 Å². The van der Waals surface area contributed by atoms with Gasteiger partial charge in [-0.25, -0.2) is 0 Å². The van der Waals surface area contributed by atoms with Crippen LogP contribution in [0.15, 0.2) is 42.5 Å². The number of benzene rings is 2. The van der Waals surface area contributed by atoms with Gasteiger partial charge in [-0.3, -0.25) is 9.59 Å². The second-order valence-electron chi connectivity index (χ2n) is 8.27. The monoisotopic (exact) mass is 437 g/mol. The van der Waals surface area contributed by atoms with Gasteiger partial charge in [0.15, 0.2) is 11.5 Å². The van der Waals surface area contributed by atoms with E-state index in [4.69, 9.17) is 9.47 Å². The van der Waals surface area contributed by atoms with Crippen molar-refractivity contribution in [1.82, 2.24) is 5.32 Å². The fourth-order valence-electron chi connectivity index (χ4n) is 4.65. The quantitative estimate of drug-likeness (QED) is 0.687. The largest absolute Gasteiger partial charge is 0.493 e. The molecule has 2 aromatic rings. The molecule has 1 saturated heterocycles. The molecule has 1 atom stereocenters. The molecule has 0 aliphatic carbocycles. The Kier molecular flexibility index (Phi) is 6.83. The van der Waals surface area contributed by atoms with E-state index < -0.39 is 0 Å². The molecule has 7 heteroatoms. The molecule has 0 bridgehead atoms. The molecule has 0 radical (unpaired) electrons. The molecule has 0 aromatic heterocycles. The van der Waals surface area contributed by atoms with Gasteiger partial charge in [0.05, 0.1) is 25.6 Å². The van der Waals surface area contributed by atoms with Crippen LogP contribution in [0.25, 0.3) is 0 Å². The van der Waals surface area contributed by atoms with Crippen molar-refractivity contribution in [3.05, 3.63) is 48.0 Å². The van der Waals surface area contributed by atoms with Crippen molar-refractivity contribution >= 4 is 23.2 Å². The van der Waals surface area contributed by atoms with Crippen LogP contribution < -0.4 is 24.6 Å². The number of carbonyl (C=O) groups is 2. The molecular formula is C25H31N3O4. The topological polar surface area (TPSA) is 71.1 Å². The Hall–Kier alpha value is -3.22. The smallest absolute Gasteiger partial charge is 0.227 e. The third-order valence-electron chi connectivity index (χ3n) is 6.30. The Bertz CT molecular complexity index is 977. The number of ether oxygens (including phenoxy) is 2. The number of nitrogens with one attached hydrogen (secondary N) is 1. The lowest BCUT2D eigenvalue weighted by Crippen LogP contribution is -2.48. The molecule has 1 fully saturated rings. The highest BCUT2D eigenvalue weighted by atomic mass is 16.5. The summed E-state index contributed by atoms with van der Waals surface area (Å²) in [7, 11) is 3.21. The first kappa shape index (κ1) is 22.0. The van der Waals surface area contributed by atoms with E-state index in [1.165, 1.54) is 0 Å². The van der Waals surface area contributed by atoms with E-state index in [9.17, 15) is 9.59 Å². The summed E-state index contributed by atoms with van der Waals surface area (Å²) in [6.07, 6.45) is 3.34. The molecule has 2 aliphatic heterocycles. The van der Waals surface area contributed by atoms with Crippen LogP contribution in [-0.4, -0.2) is 51.7 Å². The lowest BCUT2D eigenvalue weighted by molar-refractivity contribution is -0.125. The highest BCUT2D eigenvalue weighted by Crippen LogP contribution is 2.39. The van der Waals surface area contributed by atoms with Gasteiger partial charge in [-0.15, -0.1) is 0 Å². The Morgan fingerprint density at radius 3 is 2.59 bits per heavy atom. The molecule has 4 rings (SSSR count). The summed E-state index contributed by atoms with van der Waals surface area (Å²) in [4.78, 5) is 29.6. The minimum Gasteiger partial charge on any atom is -0.493 e. The van der Waals surface area contributed by atoms with E-state index in [1.807, 2.05) is 41.3 Å². The van der Waals surface area contributed by atoms with E-state index in [1.54, 1.807) is 14.2 Å². The second kappa shape index (κ2) is 9.94. The first-order valence-corrected chi connectivity index (χ1v) is 11.2. The van der Waals surface area contributed by atoms with E-state index in [2.05, 4.69) is 16.3 Å². The molecule has 170 valence electrons. The minimum atomic E-state index is -0.105. The normalized spacial score (nSPS) is 16.9. The number of para-hydroxylation sites is 2. The van der Waals surface area contributed by atoms with Crippen LogP contribution in [0.5, 0.6) is 11.5 Å². The van der Waals surface area contributed by atoms with Gasteiger partial charge in [0.2, 0.25) is 11.8 Å². The number of hydrogen-bond acceptors (Lipinski definition) is 5. The second-order valence-corrected chi connectivity index (χ2v) is 8.27.